The van der Waals surface area contributed by atoms with Crippen LogP contribution in [0.2, 0.25) is 19.6 Å². The Morgan fingerprint density at radius 3 is 2.40 bits per heavy atom. The average molecular weight is 309 g/mol. The molecule has 1 heterocycles. The van der Waals surface area contributed by atoms with Crippen LogP contribution in [0.3, 0.4) is 0 Å². The Morgan fingerprint density at radius 2 is 1.67 bits per heavy atom. The van der Waals surface area contributed by atoms with Crippen molar-refractivity contribution in [1.29, 1.82) is 0 Å². The van der Waals surface area contributed by atoms with Gasteiger partial charge in [-0.2, -0.15) is 0 Å². The molecule has 0 bridgehead atoms. The van der Waals surface area contributed by atoms with Crippen molar-refractivity contribution in [2.75, 3.05) is 0 Å². The number of fused-ring (bicyclic) bond motifs is 1. The Bertz CT molecular complexity index is 360. The van der Waals surface area contributed by atoms with E-state index in [0.29, 0.717) is 0 Å². The van der Waals surface area contributed by atoms with Crippen molar-refractivity contribution < 1.29 is 0 Å². The third-order valence-electron chi connectivity index (χ3n) is 2.08. The van der Waals surface area contributed by atoms with Gasteiger partial charge in [0.1, 0.15) is 0 Å². The predicted octanol–water partition coefficient (Wildman–Crippen LogP) is 5.29. The first-order valence-electron chi connectivity index (χ1n) is 4.57. The van der Waals surface area contributed by atoms with Crippen LogP contribution in [-0.4, -0.2) is 8.07 Å². The minimum Gasteiger partial charge on any atom is -0.0656 e. The van der Waals surface area contributed by atoms with E-state index in [1.165, 1.54) is 9.79 Å². The minimum atomic E-state index is -1.20. The molecule has 0 atom stereocenters. The summed E-state index contributed by atoms with van der Waals surface area (Å²) < 4.78 is 0. The van der Waals surface area contributed by atoms with Gasteiger partial charge in [-0.1, -0.05) is 31.8 Å². The van der Waals surface area contributed by atoms with Crippen molar-refractivity contribution in [2.24, 2.45) is 0 Å². The summed E-state index contributed by atoms with van der Waals surface area (Å²) in [5, 5.41) is 1.60. The lowest BCUT2D eigenvalue weighted by Crippen LogP contribution is -2.39. The van der Waals surface area contributed by atoms with Gasteiger partial charge in [0.15, 0.2) is 0 Å². The zero-order valence-electron chi connectivity index (χ0n) is 8.77. The number of benzene rings is 1. The first-order chi connectivity index (χ1) is 7.09. The highest BCUT2D eigenvalue weighted by atomic mass is 33.8. The molecule has 1 aliphatic heterocycles. The fourth-order valence-corrected chi connectivity index (χ4v) is 13.1. The van der Waals surface area contributed by atoms with Crippen LogP contribution >= 0.6 is 51.1 Å². The van der Waals surface area contributed by atoms with Crippen LogP contribution in [0.25, 0.3) is 0 Å². The minimum absolute atomic E-state index is 1.20. The maximum Gasteiger partial charge on any atom is 0.0791 e. The summed E-state index contributed by atoms with van der Waals surface area (Å²) in [6, 6.07) is 6.77. The monoisotopic (exact) mass is 308 g/mol. The zero-order valence-corrected chi connectivity index (χ0v) is 13.9. The van der Waals surface area contributed by atoms with Crippen molar-refractivity contribution in [3.8, 4) is 0 Å². The molecule has 0 radical (unpaired) electrons. The van der Waals surface area contributed by atoms with E-state index >= 15 is 0 Å². The van der Waals surface area contributed by atoms with E-state index in [-0.39, 0.29) is 0 Å². The molecule has 1 aliphatic rings. The van der Waals surface area contributed by atoms with Crippen LogP contribution in [0, 0.1) is 0 Å². The molecule has 0 aliphatic carbocycles. The second-order valence-corrected chi connectivity index (χ2v) is 16.8. The highest BCUT2D eigenvalue weighted by molar-refractivity contribution is 9.36. The molecule has 1 aromatic rings. The van der Waals surface area contributed by atoms with Gasteiger partial charge >= 0.3 is 0 Å². The number of rotatable bonds is 1. The van der Waals surface area contributed by atoms with E-state index in [1.54, 1.807) is 5.19 Å². The van der Waals surface area contributed by atoms with Crippen molar-refractivity contribution in [3.63, 3.8) is 0 Å². The van der Waals surface area contributed by atoms with Crippen LogP contribution in [0.5, 0.6) is 0 Å². The normalized spacial score (nSPS) is 17.0. The standard InChI is InChI=1S/C9H12S5Si/c1-15(2,3)8-6-4-5-7-9(8)11-13-14-12-10-7/h4-6H,1-3H3. The number of hydrogen-bond donors (Lipinski definition) is 0. The van der Waals surface area contributed by atoms with E-state index in [4.69, 9.17) is 0 Å². The Labute approximate surface area is 111 Å². The summed E-state index contributed by atoms with van der Waals surface area (Å²) in [4.78, 5) is 2.96. The molecule has 0 unspecified atom stereocenters. The van der Waals surface area contributed by atoms with Gasteiger partial charge in [0.25, 0.3) is 0 Å². The molecular weight excluding hydrogens is 297 g/mol. The molecule has 0 aromatic heterocycles. The Balaban J connectivity index is 2.48. The van der Waals surface area contributed by atoms with Gasteiger partial charge in [0.2, 0.25) is 0 Å². The maximum atomic E-state index is 2.42. The largest absolute Gasteiger partial charge is 0.0791 e. The van der Waals surface area contributed by atoms with Gasteiger partial charge in [0, 0.05) is 9.79 Å². The van der Waals surface area contributed by atoms with Gasteiger partial charge in [-0.05, 0) is 62.3 Å². The van der Waals surface area contributed by atoms with Crippen LogP contribution in [0.15, 0.2) is 28.0 Å². The Morgan fingerprint density at radius 1 is 0.933 bits per heavy atom. The van der Waals surface area contributed by atoms with E-state index in [1.807, 2.05) is 51.1 Å². The molecule has 0 N–H and O–H groups in total. The Kier molecular flexibility index (Phi) is 4.40. The van der Waals surface area contributed by atoms with Crippen molar-refractivity contribution in [2.45, 2.75) is 29.4 Å². The molecule has 0 saturated heterocycles. The topological polar surface area (TPSA) is 0 Å². The second-order valence-electron chi connectivity index (χ2n) is 4.25. The molecule has 0 amide bonds. The van der Waals surface area contributed by atoms with E-state index in [9.17, 15) is 0 Å². The molecule has 2 rings (SSSR count). The SMILES string of the molecule is C[Si](C)(C)c1cccc2c1SSSSS2. The molecule has 15 heavy (non-hydrogen) atoms. The summed E-state index contributed by atoms with van der Waals surface area (Å²) in [5.74, 6) is 0. The molecule has 0 fully saturated rings. The van der Waals surface area contributed by atoms with Gasteiger partial charge in [-0.3, -0.25) is 0 Å². The highest BCUT2D eigenvalue weighted by Gasteiger charge is 2.24. The lowest BCUT2D eigenvalue weighted by Gasteiger charge is -2.20. The smallest absolute Gasteiger partial charge is 0.0656 e. The quantitative estimate of drug-likeness (QED) is 0.509. The van der Waals surface area contributed by atoms with Crippen LogP contribution in [-0.2, 0) is 0 Å². The summed E-state index contributed by atoms with van der Waals surface area (Å²) in [6.45, 7) is 7.26. The molecule has 1 aromatic carbocycles. The van der Waals surface area contributed by atoms with E-state index < -0.39 is 8.07 Å². The van der Waals surface area contributed by atoms with Crippen molar-refractivity contribution in [3.05, 3.63) is 18.2 Å². The first-order valence-corrected chi connectivity index (χ1v) is 14.2. The molecule has 6 heteroatoms. The molecule has 0 spiro atoms. The molecule has 0 saturated carbocycles. The second kappa shape index (κ2) is 5.22. The number of hydrogen-bond acceptors (Lipinski definition) is 5. The predicted molar refractivity (Wildman–Crippen MR) is 83.9 cm³/mol. The van der Waals surface area contributed by atoms with Crippen LogP contribution in [0.1, 0.15) is 0 Å². The molecular formula is C9H12S5Si. The third kappa shape index (κ3) is 3.10. The van der Waals surface area contributed by atoms with Crippen LogP contribution < -0.4 is 5.19 Å². The summed E-state index contributed by atoms with van der Waals surface area (Å²) in [5.41, 5.74) is 0. The third-order valence-corrected chi connectivity index (χ3v) is 12.8. The lowest BCUT2D eigenvalue weighted by molar-refractivity contribution is 1.29. The van der Waals surface area contributed by atoms with E-state index in [0.717, 1.165) is 0 Å². The van der Waals surface area contributed by atoms with Crippen molar-refractivity contribution in [1.82, 2.24) is 0 Å². The highest BCUT2D eigenvalue weighted by Crippen LogP contribution is 2.58. The summed E-state index contributed by atoms with van der Waals surface area (Å²) in [7, 11) is 8.26. The summed E-state index contributed by atoms with van der Waals surface area (Å²) in [6.07, 6.45) is 0. The van der Waals surface area contributed by atoms with Gasteiger partial charge < -0.3 is 0 Å². The lowest BCUT2D eigenvalue weighted by atomic mass is 10.4. The van der Waals surface area contributed by atoms with Gasteiger partial charge in [0.05, 0.1) is 8.07 Å². The van der Waals surface area contributed by atoms with Crippen LogP contribution in [0.4, 0.5) is 0 Å². The Hall–Kier alpha value is 1.19. The van der Waals surface area contributed by atoms with Gasteiger partial charge in [-0.25, -0.2) is 0 Å². The fraction of sp³-hybridized carbons (Fsp3) is 0.333. The zero-order chi connectivity index (χ0) is 10.9. The summed E-state index contributed by atoms with van der Waals surface area (Å²) >= 11 is 0. The first kappa shape index (κ1) is 12.6. The molecule has 82 valence electrons. The maximum absolute atomic E-state index is 2.42. The van der Waals surface area contributed by atoms with Gasteiger partial charge in [-0.15, -0.1) is 0 Å². The molecule has 0 nitrogen and oxygen atoms in total. The average Bonchev–Trinajstić information content (AvgIpc) is 2.39. The fourth-order valence-electron chi connectivity index (χ4n) is 1.37. The van der Waals surface area contributed by atoms with Crippen molar-refractivity contribution >= 4 is 64.3 Å². The van der Waals surface area contributed by atoms with E-state index in [2.05, 4.69) is 37.8 Å².